The molecule has 1 aromatic carbocycles. The monoisotopic (exact) mass is 260 g/mol. The highest BCUT2D eigenvalue weighted by Crippen LogP contribution is 2.32. The molecule has 1 aliphatic rings. The number of benzene rings is 1. The van der Waals surface area contributed by atoms with Gasteiger partial charge in [0, 0.05) is 10.4 Å². The maximum atomic E-state index is 12.3. The van der Waals surface area contributed by atoms with Gasteiger partial charge in [-0.3, -0.25) is 4.79 Å². The van der Waals surface area contributed by atoms with Crippen LogP contribution in [0.4, 0.5) is 0 Å². The van der Waals surface area contributed by atoms with Gasteiger partial charge in [0.25, 0.3) is 0 Å². The Balaban J connectivity index is 1.95. The Labute approximate surface area is 109 Å². The van der Waals surface area contributed by atoms with Gasteiger partial charge in [-0.25, -0.2) is 0 Å². The zero-order valence-electron chi connectivity index (χ0n) is 9.93. The van der Waals surface area contributed by atoms with Gasteiger partial charge in [0.2, 0.25) is 5.78 Å². The third kappa shape index (κ3) is 1.99. The first kappa shape index (κ1) is 11.3. The summed E-state index contributed by atoms with van der Waals surface area (Å²) < 4.78 is 10.9. The van der Waals surface area contributed by atoms with Gasteiger partial charge >= 0.3 is 0 Å². The number of fused-ring (bicyclic) bond motifs is 1. The van der Waals surface area contributed by atoms with Crippen molar-refractivity contribution < 1.29 is 14.3 Å². The number of rotatable bonds is 2. The molecular weight excluding hydrogens is 248 g/mol. The lowest BCUT2D eigenvalue weighted by molar-refractivity contribution is 0.104. The molecule has 0 radical (unpaired) electrons. The molecule has 0 aliphatic carbocycles. The van der Waals surface area contributed by atoms with Crippen molar-refractivity contribution in [2.75, 3.05) is 13.2 Å². The summed E-state index contributed by atoms with van der Waals surface area (Å²) in [4.78, 5) is 14.1. The Hall–Kier alpha value is -1.81. The van der Waals surface area contributed by atoms with Crippen LogP contribution in [0.25, 0.3) is 0 Å². The van der Waals surface area contributed by atoms with Gasteiger partial charge in [0.05, 0.1) is 4.88 Å². The third-order valence-electron chi connectivity index (χ3n) is 2.77. The fourth-order valence-corrected chi connectivity index (χ4v) is 2.71. The number of aryl methyl sites for hydroxylation is 1. The Kier molecular flexibility index (Phi) is 2.80. The molecule has 18 heavy (non-hydrogen) atoms. The van der Waals surface area contributed by atoms with Crippen LogP contribution in [0.5, 0.6) is 11.5 Å². The number of ketones is 1. The van der Waals surface area contributed by atoms with Crippen LogP contribution in [0.2, 0.25) is 0 Å². The van der Waals surface area contributed by atoms with Crippen molar-refractivity contribution in [1.82, 2.24) is 0 Å². The van der Waals surface area contributed by atoms with E-state index in [-0.39, 0.29) is 5.78 Å². The van der Waals surface area contributed by atoms with Gasteiger partial charge in [-0.2, -0.15) is 0 Å². The molecule has 2 heterocycles. The largest absolute Gasteiger partial charge is 0.486 e. The molecule has 1 aromatic heterocycles. The van der Waals surface area contributed by atoms with Crippen LogP contribution in [0.3, 0.4) is 0 Å². The molecule has 0 bridgehead atoms. The molecular formula is C14H12O3S. The highest BCUT2D eigenvalue weighted by atomic mass is 32.1. The van der Waals surface area contributed by atoms with Gasteiger partial charge in [-0.05, 0) is 37.3 Å². The molecule has 0 saturated carbocycles. The van der Waals surface area contributed by atoms with E-state index in [1.54, 1.807) is 18.2 Å². The van der Waals surface area contributed by atoms with Crippen LogP contribution < -0.4 is 9.47 Å². The van der Waals surface area contributed by atoms with E-state index in [1.165, 1.54) is 11.3 Å². The van der Waals surface area contributed by atoms with E-state index >= 15 is 0 Å². The van der Waals surface area contributed by atoms with Crippen LogP contribution >= 0.6 is 11.3 Å². The SMILES string of the molecule is Cc1ccc(C(=O)c2ccc3c(c2)OCCO3)s1. The van der Waals surface area contributed by atoms with Crippen molar-refractivity contribution in [1.29, 1.82) is 0 Å². The summed E-state index contributed by atoms with van der Waals surface area (Å²) in [5.41, 5.74) is 0.640. The van der Waals surface area contributed by atoms with Crippen LogP contribution in [0.1, 0.15) is 20.1 Å². The van der Waals surface area contributed by atoms with Gasteiger partial charge in [0.15, 0.2) is 11.5 Å². The lowest BCUT2D eigenvalue weighted by Gasteiger charge is -2.18. The lowest BCUT2D eigenvalue weighted by atomic mass is 10.1. The second kappa shape index (κ2) is 4.46. The summed E-state index contributed by atoms with van der Waals surface area (Å²) >= 11 is 1.51. The van der Waals surface area contributed by atoms with Crippen molar-refractivity contribution in [2.24, 2.45) is 0 Å². The van der Waals surface area contributed by atoms with Gasteiger partial charge in [-0.1, -0.05) is 0 Å². The van der Waals surface area contributed by atoms with Crippen molar-refractivity contribution >= 4 is 17.1 Å². The Morgan fingerprint density at radius 3 is 2.61 bits per heavy atom. The van der Waals surface area contributed by atoms with Crippen LogP contribution in [0, 0.1) is 6.92 Å². The van der Waals surface area contributed by atoms with Crippen LogP contribution in [-0.4, -0.2) is 19.0 Å². The minimum atomic E-state index is 0.0325. The zero-order valence-corrected chi connectivity index (χ0v) is 10.8. The second-order valence-corrected chi connectivity index (χ2v) is 5.39. The van der Waals surface area contributed by atoms with E-state index in [1.807, 2.05) is 19.1 Å². The molecule has 0 N–H and O–H groups in total. The number of carbonyl (C=O) groups is 1. The first-order chi connectivity index (χ1) is 8.74. The summed E-state index contributed by atoms with van der Waals surface area (Å²) in [7, 11) is 0. The Morgan fingerprint density at radius 1 is 1.11 bits per heavy atom. The van der Waals surface area contributed by atoms with Crippen LogP contribution in [0.15, 0.2) is 30.3 Å². The highest BCUT2D eigenvalue weighted by Gasteiger charge is 2.16. The average Bonchev–Trinajstić information content (AvgIpc) is 2.84. The van der Waals surface area contributed by atoms with Crippen LogP contribution in [-0.2, 0) is 0 Å². The number of hydrogen-bond acceptors (Lipinski definition) is 4. The summed E-state index contributed by atoms with van der Waals surface area (Å²) in [6.07, 6.45) is 0. The molecule has 4 heteroatoms. The molecule has 3 nitrogen and oxygen atoms in total. The summed E-state index contributed by atoms with van der Waals surface area (Å²) in [5.74, 6) is 1.39. The lowest BCUT2D eigenvalue weighted by Crippen LogP contribution is -2.15. The maximum absolute atomic E-state index is 12.3. The van der Waals surface area contributed by atoms with E-state index in [9.17, 15) is 4.79 Å². The maximum Gasteiger partial charge on any atom is 0.203 e. The minimum Gasteiger partial charge on any atom is -0.486 e. The molecule has 3 rings (SSSR count). The normalized spacial score (nSPS) is 13.4. The minimum absolute atomic E-state index is 0.0325. The molecule has 0 unspecified atom stereocenters. The standard InChI is InChI=1S/C14H12O3S/c1-9-2-5-13(18-9)14(15)10-3-4-11-12(8-10)17-7-6-16-11/h2-5,8H,6-7H2,1H3. The molecule has 0 atom stereocenters. The van der Waals surface area contributed by atoms with Gasteiger partial charge in [0.1, 0.15) is 13.2 Å². The fraction of sp³-hybridized carbons (Fsp3) is 0.214. The third-order valence-corrected chi connectivity index (χ3v) is 3.77. The fourth-order valence-electron chi connectivity index (χ4n) is 1.88. The molecule has 92 valence electrons. The number of carbonyl (C=O) groups excluding carboxylic acids is 1. The quantitative estimate of drug-likeness (QED) is 0.778. The molecule has 0 fully saturated rings. The van der Waals surface area contributed by atoms with E-state index < -0.39 is 0 Å². The smallest absolute Gasteiger partial charge is 0.203 e. The van der Waals surface area contributed by atoms with Gasteiger partial charge < -0.3 is 9.47 Å². The first-order valence-corrected chi connectivity index (χ1v) is 6.56. The zero-order chi connectivity index (χ0) is 12.5. The van der Waals surface area contributed by atoms with Crippen molar-refractivity contribution in [3.05, 3.63) is 45.6 Å². The molecule has 2 aromatic rings. The highest BCUT2D eigenvalue weighted by molar-refractivity contribution is 7.14. The van der Waals surface area contributed by atoms with Gasteiger partial charge in [-0.15, -0.1) is 11.3 Å². The van der Waals surface area contributed by atoms with E-state index in [4.69, 9.17) is 9.47 Å². The number of ether oxygens (including phenoxy) is 2. The summed E-state index contributed by atoms with van der Waals surface area (Å²) in [5, 5.41) is 0. The second-order valence-electron chi connectivity index (χ2n) is 4.10. The topological polar surface area (TPSA) is 35.5 Å². The Bertz CT molecular complexity index is 601. The molecule has 1 aliphatic heterocycles. The van der Waals surface area contributed by atoms with E-state index in [0.717, 1.165) is 9.75 Å². The molecule has 0 spiro atoms. The predicted molar refractivity (Wildman–Crippen MR) is 69.9 cm³/mol. The van der Waals surface area contributed by atoms with E-state index in [2.05, 4.69) is 0 Å². The number of thiophene rings is 1. The first-order valence-electron chi connectivity index (χ1n) is 5.75. The average molecular weight is 260 g/mol. The summed E-state index contributed by atoms with van der Waals surface area (Å²) in [6.45, 7) is 3.08. The summed E-state index contributed by atoms with van der Waals surface area (Å²) in [6, 6.07) is 9.15. The predicted octanol–water partition coefficient (Wildman–Crippen LogP) is 3.06. The van der Waals surface area contributed by atoms with E-state index in [0.29, 0.717) is 30.3 Å². The molecule has 0 saturated heterocycles. The Morgan fingerprint density at radius 2 is 1.89 bits per heavy atom. The van der Waals surface area contributed by atoms with Crippen molar-refractivity contribution in [3.63, 3.8) is 0 Å². The molecule has 0 amide bonds. The van der Waals surface area contributed by atoms with Crippen molar-refractivity contribution in [3.8, 4) is 11.5 Å². The van der Waals surface area contributed by atoms with Crippen molar-refractivity contribution in [2.45, 2.75) is 6.92 Å². The number of hydrogen-bond donors (Lipinski definition) is 0.